The zero-order valence-electron chi connectivity index (χ0n) is 9.09. The van der Waals surface area contributed by atoms with Crippen LogP contribution in [-0.4, -0.2) is 0 Å². The van der Waals surface area contributed by atoms with Crippen LogP contribution < -0.4 is 0 Å². The van der Waals surface area contributed by atoms with Gasteiger partial charge in [0.1, 0.15) is 11.6 Å². The molecule has 0 aliphatic carbocycles. The monoisotopic (exact) mass is 304 g/mol. The summed E-state index contributed by atoms with van der Waals surface area (Å²) in [5.74, 6) is -1.18. The highest BCUT2D eigenvalue weighted by molar-refractivity contribution is 8.21. The molecule has 0 unspecified atom stereocenters. The first kappa shape index (κ1) is 13.7. The molecule has 0 saturated carbocycles. The molecule has 0 aliphatic heterocycles. The maximum atomic E-state index is 13.7. The van der Waals surface area contributed by atoms with Crippen molar-refractivity contribution in [3.63, 3.8) is 0 Å². The molecule has 2 aromatic rings. The highest BCUT2D eigenvalue weighted by Crippen LogP contribution is 2.27. The van der Waals surface area contributed by atoms with Crippen molar-refractivity contribution >= 4 is 33.3 Å². The van der Waals surface area contributed by atoms with Crippen LogP contribution in [0.4, 0.5) is 8.78 Å². The molecule has 2 rings (SSSR count). The first-order chi connectivity index (χ1) is 8.60. The number of hydrogen-bond acceptors (Lipinski definition) is 1. The first-order valence-electron chi connectivity index (χ1n) is 5.11. The quantitative estimate of drug-likeness (QED) is 0.726. The standard InChI is InChI=1S/C13H8Cl2F2S/c14-9-3-1-8(2-4-9)5-11-12(16)6-10(18-15)7-13(11)17/h1-4,6-7H,5H2. The van der Waals surface area contributed by atoms with Gasteiger partial charge in [-0.15, -0.1) is 0 Å². The predicted molar refractivity (Wildman–Crippen MR) is 72.3 cm³/mol. The van der Waals surface area contributed by atoms with Gasteiger partial charge in [0.05, 0.1) is 0 Å². The maximum absolute atomic E-state index is 13.7. The van der Waals surface area contributed by atoms with Gasteiger partial charge in [-0.05, 0) is 51.5 Å². The lowest BCUT2D eigenvalue weighted by molar-refractivity contribution is 0.556. The molecular weight excluding hydrogens is 297 g/mol. The summed E-state index contributed by atoms with van der Waals surface area (Å²) in [6.07, 6.45) is 0.183. The molecule has 0 amide bonds. The van der Waals surface area contributed by atoms with Gasteiger partial charge in [-0.3, -0.25) is 0 Å². The number of benzene rings is 2. The van der Waals surface area contributed by atoms with Crippen LogP contribution in [0.15, 0.2) is 41.3 Å². The summed E-state index contributed by atoms with van der Waals surface area (Å²) >= 11 is 5.75. The molecule has 0 atom stereocenters. The molecule has 0 radical (unpaired) electrons. The third-order valence-corrected chi connectivity index (χ3v) is 3.70. The second-order valence-electron chi connectivity index (χ2n) is 3.75. The van der Waals surface area contributed by atoms with Crippen LogP contribution in [0.5, 0.6) is 0 Å². The topological polar surface area (TPSA) is 0 Å². The minimum absolute atomic E-state index is 0.0341. The molecule has 0 aromatic heterocycles. The van der Waals surface area contributed by atoms with Gasteiger partial charge < -0.3 is 0 Å². The molecule has 18 heavy (non-hydrogen) atoms. The van der Waals surface area contributed by atoms with Crippen LogP contribution in [0.3, 0.4) is 0 Å². The molecule has 0 heterocycles. The van der Waals surface area contributed by atoms with Crippen LogP contribution in [-0.2, 0) is 6.42 Å². The van der Waals surface area contributed by atoms with Crippen LogP contribution in [0.2, 0.25) is 5.02 Å². The molecule has 0 fully saturated rings. The molecule has 0 nitrogen and oxygen atoms in total. The Kier molecular flexibility index (Phi) is 4.49. The summed E-state index contributed by atoms with van der Waals surface area (Å²) in [6, 6.07) is 9.32. The molecule has 2 aromatic carbocycles. The Labute approximate surface area is 117 Å². The molecule has 94 valence electrons. The Morgan fingerprint density at radius 1 is 1.00 bits per heavy atom. The van der Waals surface area contributed by atoms with E-state index in [2.05, 4.69) is 0 Å². The molecule has 0 spiro atoms. The smallest absolute Gasteiger partial charge is 0.130 e. The first-order valence-corrected chi connectivity index (χ1v) is 7.13. The van der Waals surface area contributed by atoms with E-state index in [9.17, 15) is 8.78 Å². The number of rotatable bonds is 3. The lowest BCUT2D eigenvalue weighted by Crippen LogP contribution is -1.97. The van der Waals surface area contributed by atoms with E-state index >= 15 is 0 Å². The van der Waals surface area contributed by atoms with E-state index < -0.39 is 11.6 Å². The highest BCUT2D eigenvalue weighted by Gasteiger charge is 2.12. The second-order valence-corrected chi connectivity index (χ2v) is 5.27. The number of hydrogen-bond donors (Lipinski definition) is 0. The minimum Gasteiger partial charge on any atom is -0.207 e. The van der Waals surface area contributed by atoms with Crippen LogP contribution in [0, 0.1) is 11.6 Å². The highest BCUT2D eigenvalue weighted by atomic mass is 35.7. The average Bonchev–Trinajstić information content (AvgIpc) is 2.35. The largest absolute Gasteiger partial charge is 0.207 e. The summed E-state index contributed by atoms with van der Waals surface area (Å²) in [7, 11) is 6.26. The van der Waals surface area contributed by atoms with Gasteiger partial charge in [0.2, 0.25) is 0 Å². The lowest BCUT2D eigenvalue weighted by atomic mass is 10.0. The summed E-state index contributed by atoms with van der Waals surface area (Å²) in [5, 5.41) is 0.591. The van der Waals surface area contributed by atoms with Crippen molar-refractivity contribution in [1.29, 1.82) is 0 Å². The van der Waals surface area contributed by atoms with Crippen molar-refractivity contribution in [3.05, 3.63) is 64.2 Å². The van der Waals surface area contributed by atoms with Crippen LogP contribution >= 0.6 is 33.3 Å². The fraction of sp³-hybridized carbons (Fsp3) is 0.0769. The van der Waals surface area contributed by atoms with E-state index in [0.717, 1.165) is 16.5 Å². The Bertz CT molecular complexity index is 532. The van der Waals surface area contributed by atoms with Crippen molar-refractivity contribution in [3.8, 4) is 0 Å². The van der Waals surface area contributed by atoms with Crippen molar-refractivity contribution in [2.75, 3.05) is 0 Å². The minimum atomic E-state index is -0.590. The third kappa shape index (κ3) is 3.16. The molecule has 0 aliphatic rings. The molecular formula is C13H8Cl2F2S. The Hall–Kier alpha value is -0.770. The molecule has 0 bridgehead atoms. The van der Waals surface area contributed by atoms with Gasteiger partial charge >= 0.3 is 0 Å². The molecule has 0 N–H and O–H groups in total. The van der Waals surface area contributed by atoms with Crippen molar-refractivity contribution in [1.82, 2.24) is 0 Å². The van der Waals surface area contributed by atoms with Crippen LogP contribution in [0.25, 0.3) is 0 Å². The van der Waals surface area contributed by atoms with E-state index in [0.29, 0.717) is 9.92 Å². The van der Waals surface area contributed by atoms with E-state index in [1.54, 1.807) is 24.3 Å². The van der Waals surface area contributed by atoms with Gasteiger partial charge in [0.15, 0.2) is 0 Å². The van der Waals surface area contributed by atoms with Crippen molar-refractivity contribution < 1.29 is 8.78 Å². The van der Waals surface area contributed by atoms with Gasteiger partial charge in [0, 0.05) is 21.9 Å². The fourth-order valence-electron chi connectivity index (χ4n) is 1.60. The average molecular weight is 305 g/mol. The SMILES string of the molecule is Fc1cc(SCl)cc(F)c1Cc1ccc(Cl)cc1. The van der Waals surface area contributed by atoms with Gasteiger partial charge in [-0.1, -0.05) is 23.7 Å². The third-order valence-electron chi connectivity index (χ3n) is 2.50. The normalized spacial score (nSPS) is 10.7. The summed E-state index contributed by atoms with van der Waals surface area (Å²) < 4.78 is 27.4. The van der Waals surface area contributed by atoms with Gasteiger partial charge in [0.25, 0.3) is 0 Å². The Morgan fingerprint density at radius 2 is 1.56 bits per heavy atom. The maximum Gasteiger partial charge on any atom is 0.130 e. The van der Waals surface area contributed by atoms with E-state index in [4.69, 9.17) is 22.3 Å². The van der Waals surface area contributed by atoms with E-state index in [1.165, 1.54) is 12.1 Å². The van der Waals surface area contributed by atoms with E-state index in [1.807, 2.05) is 0 Å². The lowest BCUT2D eigenvalue weighted by Gasteiger charge is -2.07. The summed E-state index contributed by atoms with van der Waals surface area (Å²) in [5.41, 5.74) is 0.829. The van der Waals surface area contributed by atoms with Crippen LogP contribution in [0.1, 0.15) is 11.1 Å². The fourth-order valence-corrected chi connectivity index (χ4v) is 2.29. The van der Waals surface area contributed by atoms with Crippen molar-refractivity contribution in [2.45, 2.75) is 11.3 Å². The van der Waals surface area contributed by atoms with Crippen molar-refractivity contribution in [2.24, 2.45) is 0 Å². The zero-order chi connectivity index (χ0) is 13.1. The molecule has 0 saturated heterocycles. The molecule has 5 heteroatoms. The Morgan fingerprint density at radius 3 is 2.06 bits per heavy atom. The zero-order valence-corrected chi connectivity index (χ0v) is 11.4. The summed E-state index contributed by atoms with van der Waals surface area (Å²) in [4.78, 5) is 0.353. The second kappa shape index (κ2) is 5.91. The van der Waals surface area contributed by atoms with E-state index in [-0.39, 0.29) is 12.0 Å². The van der Waals surface area contributed by atoms with Gasteiger partial charge in [-0.25, -0.2) is 8.78 Å². The Balaban J connectivity index is 2.31. The predicted octanol–water partition coefficient (Wildman–Crippen LogP) is 5.45. The number of halogens is 4. The summed E-state index contributed by atoms with van der Waals surface area (Å²) in [6.45, 7) is 0. The van der Waals surface area contributed by atoms with Gasteiger partial charge in [-0.2, -0.15) is 0 Å².